The Balaban J connectivity index is 0.000000148. The molecule has 123 heavy (non-hydrogen) atoms. The second-order valence-electron chi connectivity index (χ2n) is 34.0. The third-order valence-corrected chi connectivity index (χ3v) is 22.5. The highest BCUT2D eigenvalue weighted by Gasteiger charge is 2.42. The van der Waals surface area contributed by atoms with E-state index in [1.807, 2.05) is 102 Å². The number of aromatic nitrogens is 11. The number of benzene rings is 6. The van der Waals surface area contributed by atoms with Gasteiger partial charge in [0.2, 0.25) is 15.6 Å². The smallest absolute Gasteiger partial charge is 0.435 e. The van der Waals surface area contributed by atoms with Crippen LogP contribution in [-0.4, -0.2) is 81.3 Å². The number of H-pyrrole nitrogens is 7. The molecule has 1 atom stereocenters. The minimum Gasteiger partial charge on any atom is -0.508 e. The van der Waals surface area contributed by atoms with Crippen molar-refractivity contribution < 1.29 is 53.7 Å². The normalized spacial score (nSPS) is 13.4. The lowest BCUT2D eigenvalue weighted by molar-refractivity contribution is -0.143. The number of aromatic hydroxyl groups is 1. The topological polar surface area (TPSA) is 248 Å². The van der Waals surface area contributed by atoms with Crippen molar-refractivity contribution >= 4 is 81.3 Å². The van der Waals surface area contributed by atoms with Crippen molar-refractivity contribution in [3.8, 4) is 17.2 Å². The van der Waals surface area contributed by atoms with E-state index in [0.29, 0.717) is 77.5 Å². The van der Waals surface area contributed by atoms with E-state index < -0.39 is 33.8 Å². The van der Waals surface area contributed by atoms with Crippen LogP contribution in [0.5, 0.6) is 17.2 Å². The molecule has 0 radical (unpaired) electrons. The van der Waals surface area contributed by atoms with Crippen LogP contribution in [0.3, 0.4) is 0 Å². The molecule has 2 aliphatic carbocycles. The number of nitrogens with one attached hydrogen (secondary N) is 8. The molecule has 0 saturated heterocycles. The number of anilines is 1. The van der Waals surface area contributed by atoms with Crippen LogP contribution in [0.25, 0.3) is 65.5 Å². The molecule has 9 N–H and O–H groups in total. The summed E-state index contributed by atoms with van der Waals surface area (Å²) in [6.45, 7) is 35.7. The number of nitrogens with zero attached hydrogens (tertiary/aromatic N) is 4. The number of methoxy groups -OCH3 is 1. The fourth-order valence-corrected chi connectivity index (χ4v) is 16.2. The van der Waals surface area contributed by atoms with Crippen molar-refractivity contribution in [3.05, 3.63) is 260 Å². The van der Waals surface area contributed by atoms with Crippen molar-refractivity contribution in [2.24, 2.45) is 0 Å². The molecule has 17 rings (SSSR count). The zero-order chi connectivity index (χ0) is 89.7. The van der Waals surface area contributed by atoms with Crippen molar-refractivity contribution in [2.45, 2.75) is 235 Å². The molecule has 15 aromatic rings. The van der Waals surface area contributed by atoms with Gasteiger partial charge < -0.3 is 49.5 Å². The SMILES string of the molecule is CC(C)c1c[nH]c2ccc(=O)[nH]c12.CC(C)c1c[nH]c2ccc(F)cc12.CC(C)c1c[nH]c2ccc(NS(C)(=O)=O)cc12.CC(C)c1c[nH]c2ccc(O)cc12.CC(C)c1c[nH]c2ccccc12.CC(C)n1nc(C(F)(F)F)c2c1CCCC2.CC1CCCc2c(C(F)(F)F)nn(C(C)C)c21.COc1cc2[nH]cc(C(C)C)c2cc1OCc1ccccc1. The van der Waals surface area contributed by atoms with Crippen LogP contribution in [0, 0.1) is 5.82 Å². The second-order valence-corrected chi connectivity index (χ2v) is 35.7. The maximum absolute atomic E-state index is 12.9. The zero-order valence-electron chi connectivity index (χ0n) is 73.9. The highest BCUT2D eigenvalue weighted by atomic mass is 32.2. The van der Waals surface area contributed by atoms with Gasteiger partial charge in [0, 0.05) is 144 Å². The molecule has 0 spiro atoms. The third-order valence-electron chi connectivity index (χ3n) is 21.9. The van der Waals surface area contributed by atoms with Gasteiger partial charge in [-0.15, -0.1) is 0 Å². The van der Waals surface area contributed by atoms with E-state index in [9.17, 15) is 49.1 Å². The van der Waals surface area contributed by atoms with Crippen molar-refractivity contribution in [1.29, 1.82) is 0 Å². The first-order chi connectivity index (χ1) is 58.1. The summed E-state index contributed by atoms with van der Waals surface area (Å²) in [6, 6.07) is 41.7. The largest absolute Gasteiger partial charge is 0.508 e. The van der Waals surface area contributed by atoms with Gasteiger partial charge in [0.05, 0.1) is 24.4 Å². The lowest BCUT2D eigenvalue weighted by Crippen LogP contribution is -2.14. The van der Waals surface area contributed by atoms with Gasteiger partial charge in [0.25, 0.3) is 0 Å². The highest BCUT2D eigenvalue weighted by Crippen LogP contribution is 2.43. The molecule has 0 saturated carbocycles. The first-order valence-electron chi connectivity index (χ1n) is 42.3. The van der Waals surface area contributed by atoms with E-state index in [1.54, 1.807) is 48.2 Å². The molecule has 0 amide bonds. The molecule has 9 heterocycles. The van der Waals surface area contributed by atoms with E-state index in [4.69, 9.17) is 9.47 Å². The molecule has 18 nitrogen and oxygen atoms in total. The lowest BCUT2D eigenvalue weighted by atomic mass is 9.87. The maximum Gasteiger partial charge on any atom is 0.435 e. The molecular formula is C97H119F7N12O6S. The van der Waals surface area contributed by atoms with Crippen LogP contribution in [0.1, 0.15) is 270 Å². The van der Waals surface area contributed by atoms with Crippen LogP contribution in [0.4, 0.5) is 36.4 Å². The summed E-state index contributed by atoms with van der Waals surface area (Å²) in [4.78, 5) is 33.1. The molecule has 658 valence electrons. The third kappa shape index (κ3) is 23.7. The Bertz CT molecular complexity index is 6080. The minimum absolute atomic E-state index is 0.0112. The summed E-state index contributed by atoms with van der Waals surface area (Å²) in [6.07, 6.45) is 9.85. The number of phenols is 1. The number of para-hydroxylation sites is 1. The summed E-state index contributed by atoms with van der Waals surface area (Å²) in [5, 5.41) is 22.6. The van der Waals surface area contributed by atoms with Gasteiger partial charge in [-0.05, 0) is 226 Å². The highest BCUT2D eigenvalue weighted by molar-refractivity contribution is 7.92. The van der Waals surface area contributed by atoms with E-state index in [1.165, 1.54) is 60.9 Å². The Hall–Kier alpha value is -11.4. The monoisotopic (exact) mass is 1710 g/mol. The van der Waals surface area contributed by atoms with Crippen LogP contribution >= 0.6 is 0 Å². The van der Waals surface area contributed by atoms with Gasteiger partial charge in [0.1, 0.15) is 18.2 Å². The Morgan fingerprint density at radius 1 is 0.488 bits per heavy atom. The Kier molecular flexibility index (Phi) is 31.1. The minimum atomic E-state index is -4.33. The quantitative estimate of drug-likeness (QED) is 0.0473. The zero-order valence-corrected chi connectivity index (χ0v) is 74.7. The van der Waals surface area contributed by atoms with Crippen LogP contribution in [0.2, 0.25) is 0 Å². The number of ether oxygens (including phenoxy) is 2. The lowest BCUT2D eigenvalue weighted by Gasteiger charge is -2.22. The predicted molar refractivity (Wildman–Crippen MR) is 486 cm³/mol. The molecule has 1 unspecified atom stereocenters. The second kappa shape index (κ2) is 40.7. The number of phenolic OH excluding ortho intramolecular Hbond substituents is 1. The average molecular weight is 1710 g/mol. The summed E-state index contributed by atoms with van der Waals surface area (Å²) >= 11 is 0. The molecule has 0 bridgehead atoms. The number of halogens is 7. The fourth-order valence-electron chi connectivity index (χ4n) is 15.7. The Labute approximate surface area is 715 Å². The Morgan fingerprint density at radius 2 is 0.935 bits per heavy atom. The first-order valence-corrected chi connectivity index (χ1v) is 44.1. The van der Waals surface area contributed by atoms with Crippen molar-refractivity contribution in [3.63, 3.8) is 0 Å². The summed E-state index contributed by atoms with van der Waals surface area (Å²) in [7, 11) is -1.55. The molecule has 0 fully saturated rings. The molecule has 9 aromatic heterocycles. The number of hydrogen-bond acceptors (Lipinski definition) is 8. The van der Waals surface area contributed by atoms with Gasteiger partial charge in [0.15, 0.2) is 22.9 Å². The van der Waals surface area contributed by atoms with Crippen molar-refractivity contribution in [2.75, 3.05) is 18.1 Å². The van der Waals surface area contributed by atoms with Crippen LogP contribution in [0.15, 0.2) is 175 Å². The molecule has 26 heteroatoms. The molecular weight excluding hydrogens is 1590 g/mol. The summed E-state index contributed by atoms with van der Waals surface area (Å²) in [5.41, 5.74) is 17.6. The molecule has 2 aliphatic rings. The number of sulfonamides is 1. The van der Waals surface area contributed by atoms with Crippen LogP contribution < -0.4 is 19.8 Å². The van der Waals surface area contributed by atoms with Gasteiger partial charge >= 0.3 is 12.4 Å². The number of rotatable bonds is 14. The fraction of sp³-hybridized carbons (Fsp3) is 0.392. The molecule has 6 aromatic carbocycles. The average Bonchev–Trinajstić information content (AvgIpc) is 1.57. The van der Waals surface area contributed by atoms with Gasteiger partial charge in [-0.1, -0.05) is 139 Å². The van der Waals surface area contributed by atoms with Crippen LogP contribution in [-0.2, 0) is 48.2 Å². The standard InChI is InChI=1S/C19H21NO2.C12H17F3N2.C12H16N2O2S.C11H15F3N2.C11H12FN.C11H13NO.C11H13N.C10H12N2O/c1-13(2)16-11-20-17-10-18(21-3)19(9-15(16)17)22-12-14-7-5-4-6-8-14;1-7(2)17-10-8(3)5-4-6-9(10)11(16-17)12(13,14)15;1-8(2)11-7-13-12-5-4-9(6-10(11)12)14-17(3,15)16;1-7(2)16-9-6-4-3-5-8(9)10(15-16)11(12,13)14;1-7(2)10-6-13-11-4-3-8(12)5-9(10)11;1-7(2)10-6-12-11-4-3-8(13)5-9(10)11;1-8(2)10-7-12-11-6-4-3-5-9(10)11;1-6(2)7-5-11-8-3-4-9(13)12-10(7)8/h4-11,13,20H,12H2,1-3H3;7-8H,4-6H2,1-3H3;4-8,13-14H,1-3H3;7H,3-6H2,1-2H3;3-7,13H,1-2H3;3-7,12-13H,1-2H3;3-8,12H,1-2H3;3-6,11H,1-2H3,(H,12,13). The number of fused-ring (bicyclic) bond motifs is 8. The Morgan fingerprint density at radius 3 is 1.48 bits per heavy atom. The first kappa shape index (κ1) is 93.9. The van der Waals surface area contributed by atoms with Gasteiger partial charge in [-0.2, -0.15) is 36.5 Å². The molecule has 0 aliphatic heterocycles. The summed E-state index contributed by atoms with van der Waals surface area (Å²) in [5.74, 6) is 4.65. The van der Waals surface area contributed by atoms with Crippen molar-refractivity contribution in [1.82, 2.24) is 54.4 Å². The maximum atomic E-state index is 12.9. The van der Waals surface area contributed by atoms with E-state index in [-0.39, 0.29) is 29.4 Å². The van der Waals surface area contributed by atoms with E-state index >= 15 is 0 Å². The van der Waals surface area contributed by atoms with E-state index in [0.717, 1.165) is 122 Å². The van der Waals surface area contributed by atoms with Gasteiger partial charge in [-0.25, -0.2) is 12.8 Å². The predicted octanol–water partition coefficient (Wildman–Crippen LogP) is 26.5. The number of hydrogen-bond donors (Lipinski definition) is 9. The number of alkyl halides is 6. The number of pyridine rings is 1. The summed E-state index contributed by atoms with van der Waals surface area (Å²) < 4.78 is 129. The van der Waals surface area contributed by atoms with Gasteiger partial charge in [-0.3, -0.25) is 18.9 Å². The number of aromatic amines is 7. The van der Waals surface area contributed by atoms with E-state index in [2.05, 4.69) is 188 Å².